The van der Waals surface area contributed by atoms with Crippen LogP contribution in [0.4, 0.5) is 0 Å². The summed E-state index contributed by atoms with van der Waals surface area (Å²) >= 11 is 0. The number of nitrogens with one attached hydrogen (secondary N) is 2. The van der Waals surface area contributed by atoms with Crippen molar-refractivity contribution < 1.29 is 5.48 Å². The number of benzene rings is 1. The van der Waals surface area contributed by atoms with Crippen LogP contribution in [0.25, 0.3) is 10.9 Å². The van der Waals surface area contributed by atoms with Gasteiger partial charge in [0.25, 0.3) is 0 Å². The maximum atomic E-state index is 7.86. The summed E-state index contributed by atoms with van der Waals surface area (Å²) in [4.78, 5) is 0. The van der Waals surface area contributed by atoms with Crippen LogP contribution >= 0.6 is 0 Å². The molecule has 0 spiro atoms. The van der Waals surface area contributed by atoms with Crippen LogP contribution in [-0.4, -0.2) is 23.2 Å². The van der Waals surface area contributed by atoms with E-state index >= 15 is 0 Å². The first-order chi connectivity index (χ1) is 9.26. The fourth-order valence-corrected chi connectivity index (χ4v) is 2.26. The van der Waals surface area contributed by atoms with Crippen LogP contribution in [0.2, 0.25) is 0 Å². The van der Waals surface area contributed by atoms with Gasteiger partial charge in [-0.05, 0) is 61.9 Å². The van der Waals surface area contributed by atoms with Gasteiger partial charge in [-0.15, -0.1) is 0 Å². The normalized spacial score (nSPS) is 28.1. The van der Waals surface area contributed by atoms with Crippen LogP contribution in [-0.2, 0) is 0 Å². The van der Waals surface area contributed by atoms with Crippen molar-refractivity contribution in [1.29, 1.82) is 0 Å². The Labute approximate surface area is 101 Å². The minimum Gasteiger partial charge on any atom is -0.317 e. The van der Waals surface area contributed by atoms with Crippen LogP contribution in [0.5, 0.6) is 0 Å². The summed E-state index contributed by atoms with van der Waals surface area (Å²) in [5.41, 5.74) is 2.96. The lowest BCUT2D eigenvalue weighted by atomic mass is 9.87. The Morgan fingerprint density at radius 2 is 2.19 bits per heavy atom. The lowest BCUT2D eigenvalue weighted by Gasteiger charge is -2.24. The van der Waals surface area contributed by atoms with Gasteiger partial charge in [-0.2, -0.15) is 5.10 Å². The van der Waals surface area contributed by atoms with Gasteiger partial charge in [-0.1, -0.05) is 0 Å². The highest BCUT2D eigenvalue weighted by atomic mass is 15.1. The Morgan fingerprint density at radius 1 is 1.38 bits per heavy atom. The van der Waals surface area contributed by atoms with Crippen LogP contribution < -0.4 is 5.32 Å². The molecule has 2 heterocycles. The molecule has 1 saturated heterocycles. The van der Waals surface area contributed by atoms with Crippen molar-refractivity contribution in [2.24, 2.45) is 0 Å². The topological polar surface area (TPSA) is 40.7 Å². The lowest BCUT2D eigenvalue weighted by Crippen LogP contribution is -2.26. The Balaban J connectivity index is 2.03. The third-order valence-electron chi connectivity index (χ3n) is 3.14. The molecule has 3 heteroatoms. The second-order valence-electron chi connectivity index (χ2n) is 4.25. The summed E-state index contributed by atoms with van der Waals surface area (Å²) in [6, 6.07) is 3.99. The smallest absolute Gasteiger partial charge is 0.0653 e. The molecule has 1 aromatic heterocycles. The average molecular weight is 219 g/mol. The number of aromatic nitrogens is 2. The maximum absolute atomic E-state index is 7.86. The van der Waals surface area contributed by atoms with E-state index < -0.39 is 13.0 Å². The van der Waals surface area contributed by atoms with E-state index in [9.17, 15) is 0 Å². The SMILES string of the molecule is [2H]C1([2H])CC(c2cc3[nH]ncc3cc2C)CC([2H])([2H])N1. The molecule has 1 aromatic carbocycles. The maximum Gasteiger partial charge on any atom is 0.0653 e. The lowest BCUT2D eigenvalue weighted by molar-refractivity contribution is 0.459. The minimum atomic E-state index is -1.69. The van der Waals surface area contributed by atoms with Gasteiger partial charge in [0, 0.05) is 10.9 Å². The van der Waals surface area contributed by atoms with Crippen molar-refractivity contribution in [2.45, 2.75) is 25.7 Å². The summed E-state index contributed by atoms with van der Waals surface area (Å²) in [6.07, 6.45) is 2.30. The number of nitrogens with zero attached hydrogens (tertiary/aromatic N) is 1. The van der Waals surface area contributed by atoms with E-state index in [4.69, 9.17) is 5.48 Å². The van der Waals surface area contributed by atoms with E-state index in [1.165, 1.54) is 0 Å². The molecule has 0 aliphatic carbocycles. The van der Waals surface area contributed by atoms with Gasteiger partial charge >= 0.3 is 0 Å². The zero-order chi connectivity index (χ0) is 14.5. The number of fused-ring (bicyclic) bond motifs is 1. The van der Waals surface area contributed by atoms with Gasteiger partial charge in [0.2, 0.25) is 0 Å². The molecule has 0 unspecified atom stereocenters. The van der Waals surface area contributed by atoms with E-state index in [2.05, 4.69) is 15.5 Å². The molecule has 0 radical (unpaired) electrons. The van der Waals surface area contributed by atoms with Crippen LogP contribution in [0.1, 0.15) is 35.4 Å². The van der Waals surface area contributed by atoms with E-state index in [0.717, 1.165) is 22.0 Å². The van der Waals surface area contributed by atoms with E-state index in [1.807, 2.05) is 19.1 Å². The predicted molar refractivity (Wildman–Crippen MR) is 65.7 cm³/mol. The Bertz CT molecular complexity index is 634. The van der Waals surface area contributed by atoms with Crippen molar-refractivity contribution in [2.75, 3.05) is 13.0 Å². The Kier molecular flexibility index (Phi) is 1.56. The zero-order valence-corrected chi connectivity index (χ0v) is 9.17. The van der Waals surface area contributed by atoms with Gasteiger partial charge in [0.15, 0.2) is 0 Å². The van der Waals surface area contributed by atoms with E-state index in [0.29, 0.717) is 0 Å². The molecule has 84 valence electrons. The van der Waals surface area contributed by atoms with Crippen molar-refractivity contribution in [1.82, 2.24) is 15.5 Å². The highest BCUT2D eigenvalue weighted by Gasteiger charge is 2.17. The summed E-state index contributed by atoms with van der Waals surface area (Å²) in [5, 5.41) is 10.4. The summed E-state index contributed by atoms with van der Waals surface area (Å²) in [7, 11) is 0. The largest absolute Gasteiger partial charge is 0.317 e. The molecule has 1 aliphatic heterocycles. The molecule has 16 heavy (non-hydrogen) atoms. The van der Waals surface area contributed by atoms with Gasteiger partial charge in [0.05, 0.1) is 11.7 Å². The molecule has 0 amide bonds. The van der Waals surface area contributed by atoms with Crippen molar-refractivity contribution in [3.63, 3.8) is 0 Å². The number of rotatable bonds is 1. The highest BCUT2D eigenvalue weighted by molar-refractivity contribution is 5.79. The van der Waals surface area contributed by atoms with Crippen molar-refractivity contribution in [3.05, 3.63) is 29.5 Å². The van der Waals surface area contributed by atoms with Gasteiger partial charge in [0.1, 0.15) is 0 Å². The number of aromatic amines is 1. The van der Waals surface area contributed by atoms with Gasteiger partial charge in [-0.3, -0.25) is 5.10 Å². The van der Waals surface area contributed by atoms with Crippen LogP contribution in [0, 0.1) is 6.92 Å². The molecular formula is C13H17N3. The molecule has 0 atom stereocenters. The third-order valence-corrected chi connectivity index (χ3v) is 3.14. The molecule has 3 rings (SSSR count). The summed E-state index contributed by atoms with van der Waals surface area (Å²) in [5.74, 6) is -0.144. The van der Waals surface area contributed by atoms with Crippen molar-refractivity contribution >= 4 is 10.9 Å². The third kappa shape index (κ3) is 1.61. The fourth-order valence-electron chi connectivity index (χ4n) is 2.26. The number of H-pyrrole nitrogens is 1. The quantitative estimate of drug-likeness (QED) is 0.773. The van der Waals surface area contributed by atoms with E-state index in [1.54, 1.807) is 6.20 Å². The van der Waals surface area contributed by atoms with Crippen LogP contribution in [0.15, 0.2) is 18.3 Å². The molecule has 2 aromatic rings. The van der Waals surface area contributed by atoms with E-state index in [-0.39, 0.29) is 18.8 Å². The summed E-state index contributed by atoms with van der Waals surface area (Å²) in [6.45, 7) is -1.40. The summed E-state index contributed by atoms with van der Waals surface area (Å²) < 4.78 is 31.4. The second-order valence-corrected chi connectivity index (χ2v) is 4.25. The van der Waals surface area contributed by atoms with Crippen molar-refractivity contribution in [3.8, 4) is 0 Å². The standard InChI is InChI=1S/C13H17N3/c1-9-6-11-8-15-16-13(11)7-12(9)10-2-4-14-5-3-10/h6-8,10,14H,2-5H2,1H3,(H,15,16)/i4D2,5D2. The molecule has 0 bridgehead atoms. The molecule has 1 fully saturated rings. The molecule has 3 nitrogen and oxygen atoms in total. The average Bonchev–Trinajstić information content (AvgIpc) is 2.70. The predicted octanol–water partition coefficient (Wildman–Crippen LogP) is 2.34. The van der Waals surface area contributed by atoms with Gasteiger partial charge < -0.3 is 5.32 Å². The fraction of sp³-hybridized carbons (Fsp3) is 0.462. The molecule has 2 N–H and O–H groups in total. The Morgan fingerprint density at radius 3 is 3.00 bits per heavy atom. The first-order valence-electron chi connectivity index (χ1n) is 7.49. The number of hydrogen-bond acceptors (Lipinski definition) is 2. The number of aryl methyl sites for hydroxylation is 1. The second kappa shape index (κ2) is 3.91. The highest BCUT2D eigenvalue weighted by Crippen LogP contribution is 2.30. The van der Waals surface area contributed by atoms with Gasteiger partial charge in [-0.25, -0.2) is 0 Å². The van der Waals surface area contributed by atoms with Crippen LogP contribution in [0.3, 0.4) is 0 Å². The molecule has 1 aliphatic rings. The monoisotopic (exact) mass is 219 g/mol. The number of hydrogen-bond donors (Lipinski definition) is 2. The first-order valence-corrected chi connectivity index (χ1v) is 5.49. The molecule has 0 saturated carbocycles. The number of piperidine rings is 1. The Hall–Kier alpha value is -1.35. The first kappa shape index (κ1) is 6.40. The minimum absolute atomic E-state index is 0.144. The zero-order valence-electron chi connectivity index (χ0n) is 13.2. The molecular weight excluding hydrogens is 198 g/mol.